The molecule has 1 saturated heterocycles. The molecule has 0 aromatic carbocycles. The van der Waals surface area contributed by atoms with Crippen LogP contribution < -0.4 is 0 Å². The van der Waals surface area contributed by atoms with Gasteiger partial charge in [0.2, 0.25) is 0 Å². The minimum atomic E-state index is -1.87. The molecule has 6 nitrogen and oxygen atoms in total. The van der Waals surface area contributed by atoms with Crippen molar-refractivity contribution in [2.75, 3.05) is 6.61 Å². The van der Waals surface area contributed by atoms with Crippen LogP contribution in [0, 0.1) is 0 Å². The van der Waals surface area contributed by atoms with Gasteiger partial charge in [0.1, 0.15) is 22.4 Å². The van der Waals surface area contributed by atoms with Gasteiger partial charge >= 0.3 is 6.09 Å². The summed E-state index contributed by atoms with van der Waals surface area (Å²) >= 11 is 1.54. The van der Waals surface area contributed by atoms with Gasteiger partial charge in [-0.2, -0.15) is 0 Å². The molecule has 0 unspecified atom stereocenters. The van der Waals surface area contributed by atoms with Gasteiger partial charge in [0, 0.05) is 11.6 Å². The van der Waals surface area contributed by atoms with Crippen molar-refractivity contribution >= 4 is 25.7 Å². The summed E-state index contributed by atoms with van der Waals surface area (Å²) in [7, 11) is -1.87. The van der Waals surface area contributed by atoms with Crippen molar-refractivity contribution in [3.8, 4) is 0 Å². The first-order valence-corrected chi connectivity index (χ1v) is 12.8. The molecule has 0 radical (unpaired) electrons. The Hall–Kier alpha value is -0.963. The number of carbonyl (C=O) groups excluding carboxylic acids is 1. The molecule has 1 aliphatic rings. The number of hydrogen-bond donors (Lipinski definition) is 0. The van der Waals surface area contributed by atoms with E-state index in [1.54, 1.807) is 11.1 Å². The predicted molar refractivity (Wildman–Crippen MR) is 101 cm³/mol. The molecule has 8 heteroatoms. The van der Waals surface area contributed by atoms with E-state index in [1.807, 2.05) is 40.0 Å². The van der Waals surface area contributed by atoms with E-state index in [2.05, 4.69) is 24.6 Å². The van der Waals surface area contributed by atoms with Gasteiger partial charge in [-0.15, -0.1) is 11.3 Å². The van der Waals surface area contributed by atoms with Gasteiger partial charge in [0.05, 0.1) is 12.6 Å². The largest absolute Gasteiger partial charge is 0.444 e. The minimum Gasteiger partial charge on any atom is -0.444 e. The molecule has 2 rings (SSSR count). The Morgan fingerprint density at radius 3 is 2.56 bits per heavy atom. The maximum absolute atomic E-state index is 12.9. The number of nitrogens with zero attached hydrogens (tertiary/aromatic N) is 2. The van der Waals surface area contributed by atoms with Crippen LogP contribution in [0.1, 0.15) is 45.7 Å². The molecule has 1 amide bonds. The third-order valence-electron chi connectivity index (χ3n) is 3.63. The van der Waals surface area contributed by atoms with Crippen molar-refractivity contribution in [1.82, 2.24) is 9.88 Å². The summed E-state index contributed by atoms with van der Waals surface area (Å²) in [6.45, 7) is 16.1. The fourth-order valence-corrected chi connectivity index (χ4v) is 4.61. The third-order valence-corrected chi connectivity index (χ3v) is 5.43. The number of hydrogen-bond acceptors (Lipinski definition) is 6. The molecule has 0 spiro atoms. The predicted octanol–water partition coefficient (Wildman–Crippen LogP) is 4.41. The number of amides is 1. The van der Waals surface area contributed by atoms with Crippen LogP contribution in [0.2, 0.25) is 19.6 Å². The van der Waals surface area contributed by atoms with E-state index in [-0.39, 0.29) is 18.2 Å². The van der Waals surface area contributed by atoms with Gasteiger partial charge in [-0.1, -0.05) is 0 Å². The molecule has 0 N–H and O–H groups in total. The van der Waals surface area contributed by atoms with Gasteiger partial charge in [-0.25, -0.2) is 9.78 Å². The SMILES string of the molecule is CC(C)(C)OC(=O)N1[C@H]([C@H](O[Si](C)(C)C)c2nccs2)COC1(C)C. The molecule has 142 valence electrons. The quantitative estimate of drug-likeness (QED) is 0.717. The minimum absolute atomic E-state index is 0.275. The number of aromatic nitrogens is 1. The lowest BCUT2D eigenvalue weighted by Crippen LogP contribution is -2.52. The fraction of sp³-hybridized carbons (Fsp3) is 0.765. The van der Waals surface area contributed by atoms with Crippen LogP contribution in [0.5, 0.6) is 0 Å². The Labute approximate surface area is 155 Å². The maximum Gasteiger partial charge on any atom is 0.413 e. The Kier molecular flexibility index (Phi) is 5.68. The first-order valence-electron chi connectivity index (χ1n) is 8.54. The average molecular weight is 387 g/mol. The second-order valence-electron chi connectivity index (χ2n) is 8.70. The standard InChI is InChI=1S/C17H30N2O4SSi/c1-16(2,3)22-15(20)19-12(11-21-17(19,4)5)13(23-25(6,7)8)14-18-9-10-24-14/h9-10,12-13H,11H2,1-8H3/t12-,13-/m0/s1. The maximum atomic E-state index is 12.9. The van der Waals surface area contributed by atoms with Gasteiger partial charge in [-0.3, -0.25) is 4.90 Å². The van der Waals surface area contributed by atoms with Crippen molar-refractivity contribution in [3.05, 3.63) is 16.6 Å². The Balaban J connectivity index is 2.36. The highest BCUT2D eigenvalue weighted by Gasteiger charge is 2.50. The monoisotopic (exact) mass is 386 g/mol. The van der Waals surface area contributed by atoms with E-state index >= 15 is 0 Å². The molecule has 2 heterocycles. The Bertz CT molecular complexity index is 593. The summed E-state index contributed by atoms with van der Waals surface area (Å²) in [5.41, 5.74) is -1.33. The van der Waals surface area contributed by atoms with Crippen LogP contribution in [0.4, 0.5) is 4.79 Å². The van der Waals surface area contributed by atoms with E-state index < -0.39 is 19.6 Å². The van der Waals surface area contributed by atoms with Crippen LogP contribution >= 0.6 is 11.3 Å². The van der Waals surface area contributed by atoms with Crippen LogP contribution in [-0.2, 0) is 13.9 Å². The third kappa shape index (κ3) is 5.26. The van der Waals surface area contributed by atoms with Gasteiger partial charge in [-0.05, 0) is 54.3 Å². The summed E-state index contributed by atoms with van der Waals surface area (Å²) in [5, 5.41) is 2.79. The second kappa shape index (κ2) is 6.98. The molecule has 0 bridgehead atoms. The highest BCUT2D eigenvalue weighted by atomic mass is 32.1. The normalized spacial score (nSPS) is 22.1. The lowest BCUT2D eigenvalue weighted by molar-refractivity contribution is -0.0672. The topological polar surface area (TPSA) is 60.9 Å². The van der Waals surface area contributed by atoms with Gasteiger partial charge in [0.15, 0.2) is 8.32 Å². The molecule has 1 fully saturated rings. The number of rotatable bonds is 4. The molecule has 0 aliphatic carbocycles. The van der Waals surface area contributed by atoms with Crippen molar-refractivity contribution in [2.45, 2.75) is 77.7 Å². The van der Waals surface area contributed by atoms with Gasteiger partial charge < -0.3 is 13.9 Å². The summed E-state index contributed by atoms with van der Waals surface area (Å²) in [6, 6.07) is -0.275. The van der Waals surface area contributed by atoms with E-state index in [1.165, 1.54) is 11.3 Å². The van der Waals surface area contributed by atoms with Crippen LogP contribution in [0.15, 0.2) is 11.6 Å². The first-order chi connectivity index (χ1) is 11.3. The highest BCUT2D eigenvalue weighted by molar-refractivity contribution is 7.09. The zero-order chi connectivity index (χ0) is 19.0. The van der Waals surface area contributed by atoms with E-state index in [0.29, 0.717) is 6.61 Å². The van der Waals surface area contributed by atoms with Crippen LogP contribution in [0.25, 0.3) is 0 Å². The summed E-state index contributed by atoms with van der Waals surface area (Å²) < 4.78 is 18.0. The molecular formula is C17H30N2O4SSi. The van der Waals surface area contributed by atoms with E-state index in [9.17, 15) is 4.79 Å². The van der Waals surface area contributed by atoms with Crippen LogP contribution in [-0.4, -0.2) is 48.3 Å². The average Bonchev–Trinajstić information content (AvgIpc) is 3.00. The van der Waals surface area contributed by atoms with Crippen LogP contribution in [0.3, 0.4) is 0 Å². The Morgan fingerprint density at radius 1 is 1.44 bits per heavy atom. The molecular weight excluding hydrogens is 356 g/mol. The van der Waals surface area contributed by atoms with Crippen molar-refractivity contribution in [3.63, 3.8) is 0 Å². The number of ether oxygens (including phenoxy) is 2. The zero-order valence-electron chi connectivity index (χ0n) is 16.5. The molecule has 0 saturated carbocycles. The zero-order valence-corrected chi connectivity index (χ0v) is 18.3. The fourth-order valence-electron chi connectivity index (χ4n) is 2.77. The van der Waals surface area contributed by atoms with Crippen molar-refractivity contribution < 1.29 is 18.7 Å². The molecule has 25 heavy (non-hydrogen) atoms. The summed E-state index contributed by atoms with van der Waals surface area (Å²) in [5.74, 6) is 0. The van der Waals surface area contributed by atoms with E-state index in [0.717, 1.165) is 5.01 Å². The number of thiazole rings is 1. The number of carbonyl (C=O) groups is 1. The summed E-state index contributed by atoms with van der Waals surface area (Å²) in [6.07, 6.45) is 1.06. The van der Waals surface area contributed by atoms with Crippen molar-refractivity contribution in [1.29, 1.82) is 0 Å². The molecule has 2 atom stereocenters. The highest BCUT2D eigenvalue weighted by Crippen LogP contribution is 2.39. The molecule has 1 aromatic rings. The lowest BCUT2D eigenvalue weighted by Gasteiger charge is -2.38. The van der Waals surface area contributed by atoms with E-state index in [4.69, 9.17) is 13.9 Å². The molecule has 1 aliphatic heterocycles. The first kappa shape index (κ1) is 20.4. The Morgan fingerprint density at radius 2 is 2.08 bits per heavy atom. The lowest BCUT2D eigenvalue weighted by atomic mass is 10.1. The smallest absolute Gasteiger partial charge is 0.413 e. The van der Waals surface area contributed by atoms with Gasteiger partial charge in [0.25, 0.3) is 0 Å². The molecule has 1 aromatic heterocycles. The van der Waals surface area contributed by atoms with Crippen molar-refractivity contribution in [2.24, 2.45) is 0 Å². The summed E-state index contributed by atoms with van der Waals surface area (Å²) in [4.78, 5) is 19.0. The second-order valence-corrected chi connectivity index (χ2v) is 14.1.